The molecule has 0 saturated heterocycles. The first-order chi connectivity index (χ1) is 15.7. The van der Waals surface area contributed by atoms with Gasteiger partial charge in [-0.05, 0) is 74.2 Å². The Kier molecular flexibility index (Phi) is 6.99. The van der Waals surface area contributed by atoms with Crippen molar-refractivity contribution in [1.82, 2.24) is 0 Å². The molecule has 4 rings (SSSR count). The number of carbonyl (C=O) groups is 2. The van der Waals surface area contributed by atoms with E-state index in [1.807, 2.05) is 60.7 Å². The summed E-state index contributed by atoms with van der Waals surface area (Å²) in [6.45, 7) is 0. The third kappa shape index (κ3) is 5.86. The van der Waals surface area contributed by atoms with Gasteiger partial charge in [0.05, 0.1) is 11.5 Å². The van der Waals surface area contributed by atoms with Gasteiger partial charge in [0.15, 0.2) is 0 Å². The molecule has 1 saturated carbocycles. The minimum absolute atomic E-state index is 0.160. The normalized spacial score (nSPS) is 17.5. The zero-order valence-electron chi connectivity index (χ0n) is 17.7. The predicted octanol–water partition coefficient (Wildman–Crippen LogP) is 5.41. The second-order valence-electron chi connectivity index (χ2n) is 7.81. The maximum Gasteiger partial charge on any atom is 0.338 e. The molecule has 32 heavy (non-hydrogen) atoms. The van der Waals surface area contributed by atoms with Crippen molar-refractivity contribution in [2.75, 3.05) is 0 Å². The third-order valence-electron chi connectivity index (χ3n) is 5.49. The van der Waals surface area contributed by atoms with E-state index in [9.17, 15) is 9.59 Å². The number of hydrogen-bond donors (Lipinski definition) is 0. The summed E-state index contributed by atoms with van der Waals surface area (Å²) in [5.74, 6) is 6.03. The van der Waals surface area contributed by atoms with E-state index >= 15 is 0 Å². The molecule has 4 heteroatoms. The van der Waals surface area contributed by atoms with Crippen LogP contribution in [-0.2, 0) is 9.53 Å². The highest BCUT2D eigenvalue weighted by Crippen LogP contribution is 2.28. The van der Waals surface area contributed by atoms with Crippen molar-refractivity contribution in [3.63, 3.8) is 0 Å². The summed E-state index contributed by atoms with van der Waals surface area (Å²) < 4.78 is 11.1. The minimum Gasteiger partial charge on any atom is -0.459 e. The van der Waals surface area contributed by atoms with E-state index in [1.54, 1.807) is 24.3 Å². The second-order valence-corrected chi connectivity index (χ2v) is 7.81. The number of para-hydroxylation sites is 1. The lowest BCUT2D eigenvalue weighted by atomic mass is 9.87. The lowest BCUT2D eigenvalue weighted by Gasteiger charge is -2.27. The van der Waals surface area contributed by atoms with Crippen molar-refractivity contribution in [3.8, 4) is 17.6 Å². The van der Waals surface area contributed by atoms with Crippen LogP contribution in [0.25, 0.3) is 0 Å². The molecule has 0 bridgehead atoms. The molecule has 1 fully saturated rings. The van der Waals surface area contributed by atoms with E-state index in [0.29, 0.717) is 37.0 Å². The molecule has 1 aliphatic carbocycles. The van der Waals surface area contributed by atoms with Gasteiger partial charge in [-0.3, -0.25) is 4.79 Å². The van der Waals surface area contributed by atoms with Crippen LogP contribution < -0.4 is 4.74 Å². The first kappa shape index (κ1) is 21.4. The van der Waals surface area contributed by atoms with Crippen molar-refractivity contribution in [3.05, 3.63) is 102 Å². The van der Waals surface area contributed by atoms with Gasteiger partial charge in [0.2, 0.25) is 0 Å². The zero-order chi connectivity index (χ0) is 22.2. The Morgan fingerprint density at radius 1 is 0.688 bits per heavy atom. The molecule has 3 aromatic carbocycles. The van der Waals surface area contributed by atoms with Crippen molar-refractivity contribution in [2.45, 2.75) is 31.8 Å². The molecule has 0 unspecified atom stereocenters. The van der Waals surface area contributed by atoms with Crippen LogP contribution in [0.4, 0.5) is 0 Å². The molecule has 160 valence electrons. The maximum absolute atomic E-state index is 12.5. The fourth-order valence-corrected chi connectivity index (χ4v) is 3.68. The van der Waals surface area contributed by atoms with E-state index in [1.165, 1.54) is 0 Å². The SMILES string of the molecule is O=C(OC1CCC(C(=O)Oc2ccccc2)CC1)c1ccc(C#Cc2ccccc2)cc1. The number of benzene rings is 3. The molecule has 0 radical (unpaired) electrons. The van der Waals surface area contributed by atoms with Crippen LogP contribution in [0, 0.1) is 17.8 Å². The summed E-state index contributed by atoms with van der Waals surface area (Å²) >= 11 is 0. The predicted molar refractivity (Wildman–Crippen MR) is 122 cm³/mol. The van der Waals surface area contributed by atoms with E-state index in [0.717, 1.165) is 11.1 Å². The standard InChI is InChI=1S/C28H24O4/c29-27(23-15-13-22(14-16-23)12-11-21-7-3-1-4-8-21)32-26-19-17-24(18-20-26)28(30)31-25-9-5-2-6-10-25/h1-10,13-16,24,26H,17-20H2. The number of rotatable bonds is 4. The molecule has 0 N–H and O–H groups in total. The Morgan fingerprint density at radius 3 is 1.88 bits per heavy atom. The molecular weight excluding hydrogens is 400 g/mol. The molecule has 0 heterocycles. The van der Waals surface area contributed by atoms with Crippen LogP contribution in [0.2, 0.25) is 0 Å². The van der Waals surface area contributed by atoms with Gasteiger partial charge in [0.1, 0.15) is 11.9 Å². The number of carbonyl (C=O) groups excluding carboxylic acids is 2. The van der Waals surface area contributed by atoms with Crippen LogP contribution in [-0.4, -0.2) is 18.0 Å². The second kappa shape index (κ2) is 10.5. The van der Waals surface area contributed by atoms with Crippen molar-refractivity contribution in [2.24, 2.45) is 5.92 Å². The Morgan fingerprint density at radius 2 is 1.25 bits per heavy atom. The summed E-state index contributed by atoms with van der Waals surface area (Å²) in [4.78, 5) is 24.9. The van der Waals surface area contributed by atoms with Crippen LogP contribution in [0.3, 0.4) is 0 Å². The van der Waals surface area contributed by atoms with Crippen LogP contribution in [0.5, 0.6) is 5.75 Å². The number of ether oxygens (including phenoxy) is 2. The molecule has 0 amide bonds. The quantitative estimate of drug-likeness (QED) is 0.319. The summed E-state index contributed by atoms with van der Waals surface area (Å²) in [7, 11) is 0. The van der Waals surface area contributed by atoms with Gasteiger partial charge >= 0.3 is 11.9 Å². The van der Waals surface area contributed by atoms with Crippen LogP contribution in [0.1, 0.15) is 47.2 Å². The van der Waals surface area contributed by atoms with E-state index in [4.69, 9.17) is 9.47 Å². The van der Waals surface area contributed by atoms with Gasteiger partial charge in [-0.25, -0.2) is 4.79 Å². The average molecular weight is 424 g/mol. The molecule has 0 aliphatic heterocycles. The number of hydrogen-bond acceptors (Lipinski definition) is 4. The smallest absolute Gasteiger partial charge is 0.338 e. The Bertz CT molecular complexity index is 1100. The summed E-state index contributed by atoms with van der Waals surface area (Å²) in [6, 6.07) is 26.0. The van der Waals surface area contributed by atoms with Crippen molar-refractivity contribution >= 4 is 11.9 Å². The Labute approximate surface area is 188 Å². The molecule has 3 aromatic rings. The van der Waals surface area contributed by atoms with Gasteiger partial charge in [-0.15, -0.1) is 0 Å². The van der Waals surface area contributed by atoms with Crippen molar-refractivity contribution < 1.29 is 19.1 Å². The van der Waals surface area contributed by atoms with Gasteiger partial charge in [0, 0.05) is 11.1 Å². The largest absolute Gasteiger partial charge is 0.459 e. The zero-order valence-corrected chi connectivity index (χ0v) is 17.7. The van der Waals surface area contributed by atoms with E-state index < -0.39 is 0 Å². The summed E-state index contributed by atoms with van der Waals surface area (Å²) in [5.41, 5.74) is 2.28. The molecular formula is C28H24O4. The number of esters is 2. The fraction of sp³-hybridized carbons (Fsp3) is 0.214. The monoisotopic (exact) mass is 424 g/mol. The topological polar surface area (TPSA) is 52.6 Å². The highest BCUT2D eigenvalue weighted by molar-refractivity contribution is 5.89. The van der Waals surface area contributed by atoms with Gasteiger partial charge in [-0.2, -0.15) is 0 Å². The average Bonchev–Trinajstić information content (AvgIpc) is 2.85. The third-order valence-corrected chi connectivity index (χ3v) is 5.49. The first-order valence-corrected chi connectivity index (χ1v) is 10.8. The lowest BCUT2D eigenvalue weighted by molar-refractivity contribution is -0.140. The highest BCUT2D eigenvalue weighted by Gasteiger charge is 2.29. The van der Waals surface area contributed by atoms with Gasteiger partial charge in [-0.1, -0.05) is 48.2 Å². The highest BCUT2D eigenvalue weighted by atomic mass is 16.5. The molecule has 0 atom stereocenters. The van der Waals surface area contributed by atoms with Gasteiger partial charge < -0.3 is 9.47 Å². The van der Waals surface area contributed by atoms with Crippen LogP contribution in [0.15, 0.2) is 84.9 Å². The molecule has 0 spiro atoms. The fourth-order valence-electron chi connectivity index (χ4n) is 3.68. The Hall–Kier alpha value is -3.84. The van der Waals surface area contributed by atoms with E-state index in [2.05, 4.69) is 11.8 Å². The van der Waals surface area contributed by atoms with Crippen LogP contribution >= 0.6 is 0 Å². The first-order valence-electron chi connectivity index (χ1n) is 10.8. The summed E-state index contributed by atoms with van der Waals surface area (Å²) in [5, 5.41) is 0. The van der Waals surface area contributed by atoms with Gasteiger partial charge in [0.25, 0.3) is 0 Å². The molecule has 1 aliphatic rings. The molecule has 0 aromatic heterocycles. The van der Waals surface area contributed by atoms with Crippen molar-refractivity contribution in [1.29, 1.82) is 0 Å². The Balaban J connectivity index is 1.26. The summed E-state index contributed by atoms with van der Waals surface area (Å²) in [6.07, 6.45) is 2.43. The minimum atomic E-state index is -0.345. The lowest BCUT2D eigenvalue weighted by Crippen LogP contribution is -2.30. The maximum atomic E-state index is 12.5. The molecule has 4 nitrogen and oxygen atoms in total. The van der Waals surface area contributed by atoms with E-state index in [-0.39, 0.29) is 24.0 Å².